The van der Waals surface area contributed by atoms with Gasteiger partial charge in [-0.2, -0.15) is 0 Å². The normalized spacial score (nSPS) is 18.4. The molecule has 1 aliphatic rings. The molecule has 2 unspecified atom stereocenters. The Hall–Kier alpha value is -1.01. The fraction of sp³-hybridized carbons (Fsp3) is 0.650. The van der Waals surface area contributed by atoms with Crippen LogP contribution in [0.1, 0.15) is 25.5 Å². The van der Waals surface area contributed by atoms with Crippen molar-refractivity contribution in [3.05, 3.63) is 35.6 Å². The summed E-state index contributed by atoms with van der Waals surface area (Å²) >= 11 is 0. The Kier molecular flexibility index (Phi) is 12.0. The highest BCUT2D eigenvalue weighted by Gasteiger charge is 2.25. The van der Waals surface area contributed by atoms with Gasteiger partial charge in [-0.3, -0.25) is 9.89 Å². The van der Waals surface area contributed by atoms with Crippen LogP contribution in [0.4, 0.5) is 4.39 Å². The minimum atomic E-state index is -0.933. The average Bonchev–Trinajstić information content (AvgIpc) is 2.68. The Balaban J connectivity index is 0.00000420. The molecule has 0 saturated carbocycles. The van der Waals surface area contributed by atoms with E-state index in [0.717, 1.165) is 18.7 Å². The number of rotatable bonds is 9. The first-order chi connectivity index (χ1) is 13.4. The first-order valence-electron chi connectivity index (χ1n) is 9.76. The lowest BCUT2D eigenvalue weighted by molar-refractivity contribution is -0.0180. The van der Waals surface area contributed by atoms with Crippen molar-refractivity contribution in [2.24, 2.45) is 4.99 Å². The Labute approximate surface area is 190 Å². The molecule has 1 fully saturated rings. The number of methoxy groups -OCH3 is 1. The Bertz CT molecular complexity index is 610. The Morgan fingerprint density at radius 2 is 1.97 bits per heavy atom. The number of halogens is 2. The minimum absolute atomic E-state index is 0. The average molecular weight is 524 g/mol. The topological polar surface area (TPSA) is 78.4 Å². The van der Waals surface area contributed by atoms with Crippen LogP contribution in [0.2, 0.25) is 0 Å². The largest absolute Gasteiger partial charge is 0.387 e. The summed E-state index contributed by atoms with van der Waals surface area (Å²) in [6.07, 6.45) is -0.238. The number of aliphatic hydroxyl groups is 1. The van der Waals surface area contributed by atoms with Gasteiger partial charge < -0.3 is 25.2 Å². The van der Waals surface area contributed by atoms with Crippen LogP contribution in [0.3, 0.4) is 0 Å². The fourth-order valence-electron chi connectivity index (χ4n) is 3.09. The SMILES string of the molecule is CCNC(=NCC(C)(O)CN1CCOCC1)NCC(OC)c1ccc(F)cc1.I. The molecule has 0 bridgehead atoms. The summed E-state index contributed by atoms with van der Waals surface area (Å²) in [7, 11) is 1.62. The number of nitrogens with zero attached hydrogens (tertiary/aromatic N) is 2. The molecule has 9 heteroatoms. The number of guanidine groups is 1. The maximum Gasteiger partial charge on any atom is 0.191 e. The molecule has 0 radical (unpaired) electrons. The second-order valence-corrected chi connectivity index (χ2v) is 7.24. The number of morpholine rings is 1. The lowest BCUT2D eigenvalue weighted by Gasteiger charge is -2.33. The van der Waals surface area contributed by atoms with Crippen LogP contribution in [-0.2, 0) is 9.47 Å². The number of ether oxygens (including phenoxy) is 2. The molecule has 2 rings (SSSR count). The summed E-state index contributed by atoms with van der Waals surface area (Å²) in [5.41, 5.74) is -0.0522. The second-order valence-electron chi connectivity index (χ2n) is 7.24. The van der Waals surface area contributed by atoms with Crippen molar-refractivity contribution >= 4 is 29.9 Å². The van der Waals surface area contributed by atoms with E-state index in [1.165, 1.54) is 12.1 Å². The van der Waals surface area contributed by atoms with Gasteiger partial charge in [0.1, 0.15) is 5.82 Å². The molecular formula is C20H34FIN4O3. The van der Waals surface area contributed by atoms with E-state index < -0.39 is 5.60 Å². The zero-order valence-corrected chi connectivity index (χ0v) is 19.8. The van der Waals surface area contributed by atoms with Crippen molar-refractivity contribution in [3.63, 3.8) is 0 Å². The van der Waals surface area contributed by atoms with Gasteiger partial charge in [-0.25, -0.2) is 4.39 Å². The zero-order valence-electron chi connectivity index (χ0n) is 17.5. The highest BCUT2D eigenvalue weighted by molar-refractivity contribution is 14.0. The Morgan fingerprint density at radius 3 is 2.55 bits per heavy atom. The molecular weight excluding hydrogens is 490 g/mol. The molecule has 1 aliphatic heterocycles. The third kappa shape index (κ3) is 9.56. The molecule has 0 aliphatic carbocycles. The summed E-state index contributed by atoms with van der Waals surface area (Å²) in [5, 5.41) is 17.1. The molecule has 29 heavy (non-hydrogen) atoms. The number of benzene rings is 1. The van der Waals surface area contributed by atoms with Crippen LogP contribution >= 0.6 is 24.0 Å². The number of hydrogen-bond acceptors (Lipinski definition) is 5. The van der Waals surface area contributed by atoms with Crippen molar-refractivity contribution in [1.29, 1.82) is 0 Å². The molecule has 1 aromatic rings. The van der Waals surface area contributed by atoms with E-state index in [2.05, 4.69) is 20.5 Å². The number of β-amino-alcohol motifs (C(OH)–C–C–N with tert-alkyl or cyclic N) is 1. The zero-order chi connectivity index (χ0) is 20.4. The predicted molar refractivity (Wildman–Crippen MR) is 123 cm³/mol. The van der Waals surface area contributed by atoms with E-state index in [4.69, 9.17) is 9.47 Å². The van der Waals surface area contributed by atoms with Gasteiger partial charge in [0.05, 0.1) is 31.5 Å². The van der Waals surface area contributed by atoms with Gasteiger partial charge >= 0.3 is 0 Å². The molecule has 0 amide bonds. The van der Waals surface area contributed by atoms with E-state index in [9.17, 15) is 9.50 Å². The maximum absolute atomic E-state index is 13.1. The molecule has 0 spiro atoms. The third-order valence-electron chi connectivity index (χ3n) is 4.57. The summed E-state index contributed by atoms with van der Waals surface area (Å²) < 4.78 is 24.0. The highest BCUT2D eigenvalue weighted by Crippen LogP contribution is 2.16. The van der Waals surface area contributed by atoms with Gasteiger partial charge in [-0.1, -0.05) is 12.1 Å². The highest BCUT2D eigenvalue weighted by atomic mass is 127. The van der Waals surface area contributed by atoms with Crippen LogP contribution in [0.5, 0.6) is 0 Å². The summed E-state index contributed by atoms with van der Waals surface area (Å²) in [4.78, 5) is 6.72. The lowest BCUT2D eigenvalue weighted by atomic mass is 10.1. The fourth-order valence-corrected chi connectivity index (χ4v) is 3.09. The van der Waals surface area contributed by atoms with Crippen LogP contribution in [0, 0.1) is 5.82 Å². The summed E-state index contributed by atoms with van der Waals surface area (Å²) in [5.74, 6) is 0.331. The van der Waals surface area contributed by atoms with Crippen molar-refractivity contribution in [2.45, 2.75) is 25.6 Å². The minimum Gasteiger partial charge on any atom is -0.387 e. The van der Waals surface area contributed by atoms with Crippen LogP contribution in [0.15, 0.2) is 29.3 Å². The van der Waals surface area contributed by atoms with Crippen molar-refractivity contribution in [3.8, 4) is 0 Å². The quantitative estimate of drug-likeness (QED) is 0.260. The molecule has 1 aromatic carbocycles. The van der Waals surface area contributed by atoms with Gasteiger partial charge in [0.15, 0.2) is 5.96 Å². The molecule has 1 heterocycles. The van der Waals surface area contributed by atoms with E-state index in [-0.39, 0.29) is 42.4 Å². The molecule has 0 aromatic heterocycles. The molecule has 7 nitrogen and oxygen atoms in total. The monoisotopic (exact) mass is 524 g/mol. The summed E-state index contributed by atoms with van der Waals surface area (Å²) in [6, 6.07) is 6.26. The third-order valence-corrected chi connectivity index (χ3v) is 4.57. The molecule has 166 valence electrons. The van der Waals surface area contributed by atoms with Gasteiger partial charge in [-0.15, -0.1) is 24.0 Å². The predicted octanol–water partition coefficient (Wildman–Crippen LogP) is 1.77. The number of hydrogen-bond donors (Lipinski definition) is 3. The first kappa shape index (κ1) is 26.0. The van der Waals surface area contributed by atoms with Gasteiger partial charge in [0.2, 0.25) is 0 Å². The summed E-state index contributed by atoms with van der Waals surface area (Å²) in [6.45, 7) is 8.82. The standard InChI is InChI=1S/C20H33FN4O3.HI/c1-4-22-19(23-13-18(27-3)16-5-7-17(21)8-6-16)24-14-20(2,26)15-25-9-11-28-12-10-25;/h5-8,18,26H,4,9-15H2,1-3H3,(H2,22,23,24);1H. The van der Waals surface area contributed by atoms with E-state index in [1.807, 2.05) is 6.92 Å². The smallest absolute Gasteiger partial charge is 0.191 e. The molecule has 3 N–H and O–H groups in total. The van der Waals surface area contributed by atoms with Gasteiger partial charge in [0, 0.05) is 39.8 Å². The first-order valence-corrected chi connectivity index (χ1v) is 9.76. The molecule has 1 saturated heterocycles. The van der Waals surface area contributed by atoms with Gasteiger partial charge in [-0.05, 0) is 31.5 Å². The van der Waals surface area contributed by atoms with Crippen molar-refractivity contribution in [1.82, 2.24) is 15.5 Å². The Morgan fingerprint density at radius 1 is 1.31 bits per heavy atom. The van der Waals surface area contributed by atoms with E-state index in [0.29, 0.717) is 38.8 Å². The number of nitrogens with one attached hydrogen (secondary N) is 2. The van der Waals surface area contributed by atoms with Crippen LogP contribution < -0.4 is 10.6 Å². The van der Waals surface area contributed by atoms with Crippen molar-refractivity contribution < 1.29 is 19.0 Å². The van der Waals surface area contributed by atoms with Crippen LogP contribution in [0.25, 0.3) is 0 Å². The van der Waals surface area contributed by atoms with Crippen LogP contribution in [-0.4, -0.2) is 81.2 Å². The lowest BCUT2D eigenvalue weighted by Crippen LogP contribution is -2.48. The molecule has 2 atom stereocenters. The van der Waals surface area contributed by atoms with Gasteiger partial charge in [0.25, 0.3) is 0 Å². The maximum atomic E-state index is 13.1. The number of aliphatic imine (C=N–C) groups is 1. The second kappa shape index (κ2) is 13.3. The van der Waals surface area contributed by atoms with E-state index >= 15 is 0 Å². The van der Waals surface area contributed by atoms with Crippen molar-refractivity contribution in [2.75, 3.05) is 59.6 Å². The van der Waals surface area contributed by atoms with E-state index in [1.54, 1.807) is 26.2 Å².